The molecule has 6 nitrogen and oxygen atoms in total. The number of hydrogen-bond acceptors (Lipinski definition) is 6. The van der Waals surface area contributed by atoms with Crippen molar-refractivity contribution in [3.05, 3.63) is 34.2 Å². The summed E-state index contributed by atoms with van der Waals surface area (Å²) in [6.45, 7) is 6.62. The number of aliphatic hydroxyl groups is 1. The predicted molar refractivity (Wildman–Crippen MR) is 126 cm³/mol. The number of allylic oxidation sites excluding steroid dienone is 1. The van der Waals surface area contributed by atoms with Gasteiger partial charge in [0.2, 0.25) is 6.29 Å². The summed E-state index contributed by atoms with van der Waals surface area (Å²) < 4.78 is 12.1. The van der Waals surface area contributed by atoms with E-state index in [-0.39, 0.29) is 24.3 Å². The predicted octanol–water partition coefficient (Wildman–Crippen LogP) is 3.97. The fourth-order valence-electron chi connectivity index (χ4n) is 5.48. The molecule has 7 heteroatoms. The largest absolute Gasteiger partial charge is 0.459 e. The van der Waals surface area contributed by atoms with E-state index in [4.69, 9.17) is 9.47 Å². The maximum Gasteiger partial charge on any atom is 0.288 e. The molecule has 0 radical (unpaired) electrons. The Morgan fingerprint density at radius 1 is 1.22 bits per heavy atom. The lowest BCUT2D eigenvalue weighted by atomic mass is 9.81. The van der Waals surface area contributed by atoms with Gasteiger partial charge in [-0.15, -0.1) is 0 Å². The third-order valence-electron chi connectivity index (χ3n) is 7.21. The number of aliphatic hydroxyl groups excluding tert-OH is 1. The first-order valence-corrected chi connectivity index (χ1v) is 13.3. The number of carbonyl (C=O) groups excluding carboxylic acids is 1. The zero-order valence-electron chi connectivity index (χ0n) is 19.3. The average Bonchev–Trinajstić information content (AvgIpc) is 3.38. The topological polar surface area (TPSA) is 62.2 Å². The highest BCUT2D eigenvalue weighted by molar-refractivity contribution is 7.08. The van der Waals surface area contributed by atoms with E-state index in [1.165, 1.54) is 37.9 Å². The number of rotatable bonds is 8. The number of carbonyl (C=O) groups is 1. The van der Waals surface area contributed by atoms with E-state index >= 15 is 0 Å². The van der Waals surface area contributed by atoms with E-state index in [1.54, 1.807) is 11.3 Å². The Hall–Kier alpha value is -1.41. The summed E-state index contributed by atoms with van der Waals surface area (Å²) in [6.07, 6.45) is 9.08. The first-order chi connectivity index (χ1) is 15.7. The van der Waals surface area contributed by atoms with E-state index in [1.807, 2.05) is 17.9 Å². The third-order valence-corrected chi connectivity index (χ3v) is 7.91. The van der Waals surface area contributed by atoms with E-state index in [0.717, 1.165) is 32.4 Å². The molecule has 0 bridgehead atoms. The number of amides is 1. The normalized spacial score (nSPS) is 27.8. The average molecular weight is 463 g/mol. The Morgan fingerprint density at radius 3 is 2.66 bits per heavy atom. The molecule has 2 saturated heterocycles. The van der Waals surface area contributed by atoms with E-state index in [2.05, 4.69) is 21.7 Å². The molecule has 3 atom stereocenters. The number of ether oxygens (including phenoxy) is 2. The third kappa shape index (κ3) is 5.56. The lowest BCUT2D eigenvalue weighted by Crippen LogP contribution is -2.49. The Kier molecular flexibility index (Phi) is 8.63. The molecular formula is C25H38N2O4S. The zero-order chi connectivity index (χ0) is 22.3. The van der Waals surface area contributed by atoms with Crippen molar-refractivity contribution in [1.29, 1.82) is 0 Å². The minimum atomic E-state index is -0.466. The molecule has 4 heterocycles. The lowest BCUT2D eigenvalue weighted by molar-refractivity contribution is -0.170. The Labute approximate surface area is 196 Å². The van der Waals surface area contributed by atoms with Crippen LogP contribution in [0.25, 0.3) is 0 Å². The van der Waals surface area contributed by atoms with Gasteiger partial charge < -0.3 is 24.4 Å². The summed E-state index contributed by atoms with van der Waals surface area (Å²) in [5.41, 5.74) is 1.19. The van der Waals surface area contributed by atoms with Gasteiger partial charge in [0, 0.05) is 44.2 Å². The van der Waals surface area contributed by atoms with Gasteiger partial charge in [-0.25, -0.2) is 0 Å². The second-order valence-corrected chi connectivity index (χ2v) is 9.98. The molecular weight excluding hydrogens is 424 g/mol. The van der Waals surface area contributed by atoms with Gasteiger partial charge in [0.05, 0.1) is 0 Å². The molecule has 178 valence electrons. The highest BCUT2D eigenvalue weighted by Crippen LogP contribution is 2.40. The molecule has 3 aliphatic heterocycles. The second kappa shape index (κ2) is 11.6. The summed E-state index contributed by atoms with van der Waals surface area (Å²) in [6, 6.07) is 2.73. The highest BCUT2D eigenvalue weighted by Gasteiger charge is 2.39. The van der Waals surface area contributed by atoms with Crippen molar-refractivity contribution in [3.63, 3.8) is 0 Å². The van der Waals surface area contributed by atoms with Crippen molar-refractivity contribution in [2.45, 2.75) is 70.1 Å². The van der Waals surface area contributed by atoms with Gasteiger partial charge in [0.25, 0.3) is 5.91 Å². The van der Waals surface area contributed by atoms with Crippen molar-refractivity contribution in [1.82, 2.24) is 9.80 Å². The molecule has 0 aromatic carbocycles. The van der Waals surface area contributed by atoms with Crippen LogP contribution in [0.15, 0.2) is 28.7 Å². The van der Waals surface area contributed by atoms with Crippen molar-refractivity contribution in [3.8, 4) is 0 Å². The zero-order valence-corrected chi connectivity index (χ0v) is 20.1. The summed E-state index contributed by atoms with van der Waals surface area (Å²) >= 11 is 1.66. The highest BCUT2D eigenvalue weighted by atomic mass is 32.1. The summed E-state index contributed by atoms with van der Waals surface area (Å²) in [5, 5.41) is 13.6. The summed E-state index contributed by atoms with van der Waals surface area (Å²) in [5.74, 6) is 0.560. The van der Waals surface area contributed by atoms with Crippen LogP contribution in [0.4, 0.5) is 0 Å². The van der Waals surface area contributed by atoms with Gasteiger partial charge in [0.15, 0.2) is 5.76 Å². The van der Waals surface area contributed by atoms with E-state index in [9.17, 15) is 9.90 Å². The van der Waals surface area contributed by atoms with Crippen LogP contribution < -0.4 is 0 Å². The van der Waals surface area contributed by atoms with Crippen LogP contribution in [0.5, 0.6) is 0 Å². The van der Waals surface area contributed by atoms with Gasteiger partial charge >= 0.3 is 0 Å². The molecule has 1 aromatic rings. The molecule has 1 N–H and O–H groups in total. The number of likely N-dealkylation sites (tertiary alicyclic amines) is 2. The van der Waals surface area contributed by atoms with Gasteiger partial charge in [0.1, 0.15) is 0 Å². The molecule has 3 aliphatic rings. The number of thiophene rings is 1. The van der Waals surface area contributed by atoms with Crippen molar-refractivity contribution < 1.29 is 19.4 Å². The van der Waals surface area contributed by atoms with Crippen LogP contribution in [-0.2, 0) is 14.3 Å². The van der Waals surface area contributed by atoms with Gasteiger partial charge in [-0.1, -0.05) is 6.42 Å². The number of hydrogen-bond donors (Lipinski definition) is 1. The van der Waals surface area contributed by atoms with Crippen LogP contribution in [0.1, 0.15) is 63.4 Å². The standard InChI is InChI=1S/C25H38N2O4S/c1-2-30-25-21(7-6-15-28)22(19-10-16-32-18-19)17-23(31-25)24(29)27-13-8-20(9-14-27)26-11-4-3-5-12-26/h10,16-18,20-22,25,28H,2-9,11-15H2,1H3/t21-,22+,25+/m1/s1. The van der Waals surface area contributed by atoms with Crippen molar-refractivity contribution in [2.24, 2.45) is 5.92 Å². The summed E-state index contributed by atoms with van der Waals surface area (Å²) in [7, 11) is 0. The molecule has 0 aliphatic carbocycles. The molecule has 32 heavy (non-hydrogen) atoms. The second-order valence-electron chi connectivity index (χ2n) is 9.20. The Morgan fingerprint density at radius 2 is 2.00 bits per heavy atom. The maximum absolute atomic E-state index is 13.4. The monoisotopic (exact) mass is 462 g/mol. The first-order valence-electron chi connectivity index (χ1n) is 12.4. The van der Waals surface area contributed by atoms with Gasteiger partial charge in [-0.3, -0.25) is 4.79 Å². The van der Waals surface area contributed by atoms with Crippen LogP contribution in [-0.4, -0.2) is 72.5 Å². The molecule has 1 amide bonds. The van der Waals surface area contributed by atoms with Crippen LogP contribution in [0, 0.1) is 5.92 Å². The number of nitrogens with zero attached hydrogens (tertiary/aromatic N) is 2. The van der Waals surface area contributed by atoms with Crippen LogP contribution in [0.3, 0.4) is 0 Å². The fourth-order valence-corrected chi connectivity index (χ4v) is 6.18. The van der Waals surface area contributed by atoms with E-state index in [0.29, 0.717) is 24.8 Å². The maximum atomic E-state index is 13.4. The smallest absolute Gasteiger partial charge is 0.288 e. The molecule has 2 fully saturated rings. The van der Waals surface area contributed by atoms with Crippen LogP contribution in [0.2, 0.25) is 0 Å². The SMILES string of the molecule is CCO[C@H]1OC(C(=O)N2CCC(N3CCCCC3)CC2)=C[C@@H](c2ccsc2)[C@H]1CCCO. The minimum Gasteiger partial charge on any atom is -0.459 e. The van der Waals surface area contributed by atoms with Crippen molar-refractivity contribution >= 4 is 17.2 Å². The first kappa shape index (κ1) is 23.7. The quantitative estimate of drug-likeness (QED) is 0.633. The molecule has 4 rings (SSSR count). The van der Waals surface area contributed by atoms with Gasteiger partial charge in [-0.2, -0.15) is 11.3 Å². The van der Waals surface area contributed by atoms with E-state index < -0.39 is 6.29 Å². The fraction of sp³-hybridized carbons (Fsp3) is 0.720. The van der Waals surface area contributed by atoms with Crippen molar-refractivity contribution in [2.75, 3.05) is 39.4 Å². The number of piperidine rings is 2. The van der Waals surface area contributed by atoms with Gasteiger partial charge in [-0.05, 0) is 87.0 Å². The Bertz CT molecular complexity index is 739. The lowest BCUT2D eigenvalue weighted by Gasteiger charge is -2.41. The summed E-state index contributed by atoms with van der Waals surface area (Å²) in [4.78, 5) is 18.0. The molecule has 0 spiro atoms. The Balaban J connectivity index is 1.47. The molecule has 0 unspecified atom stereocenters. The minimum absolute atomic E-state index is 0.00682. The van der Waals surface area contributed by atoms with Crippen LogP contribution >= 0.6 is 11.3 Å². The molecule has 0 saturated carbocycles. The molecule has 1 aromatic heterocycles.